The summed E-state index contributed by atoms with van der Waals surface area (Å²) in [4.78, 5) is 32.8. The minimum absolute atomic E-state index is 0.143. The zero-order valence-corrected chi connectivity index (χ0v) is 16.0. The van der Waals surface area contributed by atoms with Gasteiger partial charge in [-0.3, -0.25) is 14.5 Å². The Balaban J connectivity index is 1.55. The Morgan fingerprint density at radius 3 is 2.71 bits per heavy atom. The molecule has 2 bridgehead atoms. The van der Waals surface area contributed by atoms with Crippen molar-refractivity contribution in [1.29, 1.82) is 0 Å². The fourth-order valence-electron chi connectivity index (χ4n) is 5.56. The van der Waals surface area contributed by atoms with Crippen LogP contribution in [0.4, 0.5) is 0 Å². The molecule has 1 aromatic carbocycles. The van der Waals surface area contributed by atoms with Crippen molar-refractivity contribution >= 4 is 5.91 Å². The molecule has 0 unspecified atom stereocenters. The zero-order chi connectivity index (χ0) is 19.3. The molecular weight excluding hydrogens is 354 g/mol. The number of aromatic amines is 1. The van der Waals surface area contributed by atoms with Crippen molar-refractivity contribution < 1.29 is 9.53 Å². The average Bonchev–Trinajstić information content (AvgIpc) is 3.17. The van der Waals surface area contributed by atoms with E-state index in [0.717, 1.165) is 31.7 Å². The first-order valence-electron chi connectivity index (χ1n) is 10.0. The van der Waals surface area contributed by atoms with E-state index in [0.29, 0.717) is 18.5 Å². The summed E-state index contributed by atoms with van der Waals surface area (Å²) in [5.74, 6) is 1.44. The lowest BCUT2D eigenvalue weighted by Crippen LogP contribution is -2.60. The van der Waals surface area contributed by atoms with E-state index in [9.17, 15) is 9.59 Å². The van der Waals surface area contributed by atoms with Gasteiger partial charge in [-0.2, -0.15) is 0 Å². The van der Waals surface area contributed by atoms with Crippen LogP contribution < -0.4 is 10.3 Å². The third-order valence-corrected chi connectivity index (χ3v) is 6.83. The molecule has 0 saturated carbocycles. The van der Waals surface area contributed by atoms with E-state index in [1.54, 1.807) is 25.4 Å². The van der Waals surface area contributed by atoms with Crippen LogP contribution in [-0.4, -0.2) is 59.5 Å². The number of hydrogen-bond acceptors (Lipinski definition) is 4. The number of fused-ring (bicyclic) bond motifs is 2. The Kier molecular flexibility index (Phi) is 4.23. The molecule has 146 valence electrons. The predicted octanol–water partition coefficient (Wildman–Crippen LogP) is 2.09. The Labute approximate surface area is 164 Å². The van der Waals surface area contributed by atoms with Crippen LogP contribution in [0.25, 0.3) is 0 Å². The number of carbonyl (C=O) groups excluding carboxylic acids is 1. The summed E-state index contributed by atoms with van der Waals surface area (Å²) >= 11 is 0. The van der Waals surface area contributed by atoms with E-state index in [2.05, 4.69) is 22.0 Å². The van der Waals surface area contributed by atoms with E-state index in [1.807, 2.05) is 17.0 Å². The molecule has 0 spiro atoms. The summed E-state index contributed by atoms with van der Waals surface area (Å²) in [5, 5.41) is 0. The monoisotopic (exact) mass is 379 g/mol. The van der Waals surface area contributed by atoms with Crippen LogP contribution in [0.5, 0.6) is 5.75 Å². The summed E-state index contributed by atoms with van der Waals surface area (Å²) in [6.45, 7) is 2.84. The summed E-state index contributed by atoms with van der Waals surface area (Å²) in [5.41, 5.74) is 1.14. The maximum Gasteiger partial charge on any atom is 0.260 e. The second-order valence-electron chi connectivity index (χ2n) is 8.11. The maximum absolute atomic E-state index is 13.4. The number of pyridine rings is 1. The molecule has 1 N–H and O–H groups in total. The maximum atomic E-state index is 13.4. The first kappa shape index (κ1) is 17.5. The minimum Gasteiger partial charge on any atom is -0.497 e. The lowest BCUT2D eigenvalue weighted by Gasteiger charge is -2.51. The number of methoxy groups -OCH3 is 1. The molecule has 4 fully saturated rings. The van der Waals surface area contributed by atoms with Crippen LogP contribution in [0.3, 0.4) is 0 Å². The second-order valence-corrected chi connectivity index (χ2v) is 8.11. The van der Waals surface area contributed by atoms with Crippen molar-refractivity contribution in [1.82, 2.24) is 14.8 Å². The number of likely N-dealkylation sites (tertiary alicyclic amines) is 1. The molecule has 3 atom stereocenters. The average molecular weight is 379 g/mol. The second kappa shape index (κ2) is 6.78. The highest BCUT2D eigenvalue weighted by Crippen LogP contribution is 2.47. The van der Waals surface area contributed by atoms with Gasteiger partial charge in [-0.15, -0.1) is 0 Å². The van der Waals surface area contributed by atoms with Crippen molar-refractivity contribution in [2.24, 2.45) is 5.92 Å². The molecule has 2 aromatic rings. The van der Waals surface area contributed by atoms with Crippen molar-refractivity contribution in [2.75, 3.05) is 26.7 Å². The van der Waals surface area contributed by atoms with Crippen LogP contribution in [0.1, 0.15) is 34.7 Å². The largest absolute Gasteiger partial charge is 0.497 e. The van der Waals surface area contributed by atoms with Crippen LogP contribution in [-0.2, 0) is 0 Å². The zero-order valence-electron chi connectivity index (χ0n) is 16.0. The number of ether oxygens (including phenoxy) is 1. The Morgan fingerprint density at radius 1 is 1.14 bits per heavy atom. The molecular formula is C22H25N3O3. The van der Waals surface area contributed by atoms with Gasteiger partial charge in [0.25, 0.3) is 11.5 Å². The third-order valence-electron chi connectivity index (χ3n) is 6.83. The lowest BCUT2D eigenvalue weighted by molar-refractivity contribution is -0.00347. The summed E-state index contributed by atoms with van der Waals surface area (Å²) in [6, 6.07) is 12.0. The number of nitrogens with one attached hydrogen (secondary N) is 1. The van der Waals surface area contributed by atoms with Crippen LogP contribution in [0.2, 0.25) is 0 Å². The van der Waals surface area contributed by atoms with E-state index in [4.69, 9.17) is 4.74 Å². The number of hydrogen-bond donors (Lipinski definition) is 1. The van der Waals surface area contributed by atoms with E-state index < -0.39 is 0 Å². The van der Waals surface area contributed by atoms with Gasteiger partial charge in [-0.05, 0) is 61.7 Å². The Hall–Kier alpha value is -2.60. The van der Waals surface area contributed by atoms with E-state index >= 15 is 0 Å². The lowest BCUT2D eigenvalue weighted by atomic mass is 9.75. The smallest absolute Gasteiger partial charge is 0.260 e. The summed E-state index contributed by atoms with van der Waals surface area (Å²) < 4.78 is 5.43. The summed E-state index contributed by atoms with van der Waals surface area (Å²) in [6.07, 6.45) is 3.82. The van der Waals surface area contributed by atoms with Gasteiger partial charge >= 0.3 is 0 Å². The van der Waals surface area contributed by atoms with Crippen LogP contribution in [0.15, 0.2) is 47.4 Å². The first-order chi connectivity index (χ1) is 13.7. The van der Waals surface area contributed by atoms with Crippen LogP contribution in [0, 0.1) is 5.92 Å². The number of benzene rings is 1. The van der Waals surface area contributed by atoms with E-state index in [-0.39, 0.29) is 29.0 Å². The quantitative estimate of drug-likeness (QED) is 0.887. The number of carbonyl (C=O) groups is 1. The number of nitrogens with zero attached hydrogens (tertiary/aromatic N) is 2. The fourth-order valence-corrected chi connectivity index (χ4v) is 5.56. The standard InChI is InChI=1S/C22H25N3O3/c1-28-16-5-2-4-15(12-16)18-13-25(22(27)17-6-3-9-23-21(17)26)19-14-7-10-24(11-8-14)20(18)19/h2-6,9,12,14,18-20H,7-8,10-11,13H2,1H3,(H,23,26)/t18-,19+,20+/m0/s1. The van der Waals surface area contributed by atoms with Gasteiger partial charge in [0, 0.05) is 24.7 Å². The molecule has 28 heavy (non-hydrogen) atoms. The number of rotatable bonds is 3. The van der Waals surface area contributed by atoms with Gasteiger partial charge in [0.2, 0.25) is 0 Å². The van der Waals surface area contributed by atoms with Gasteiger partial charge in [-0.25, -0.2) is 0 Å². The molecule has 6 rings (SSSR count). The van der Waals surface area contributed by atoms with Crippen molar-refractivity contribution in [3.05, 3.63) is 64.1 Å². The highest BCUT2D eigenvalue weighted by Gasteiger charge is 2.54. The number of amides is 1. The molecule has 0 radical (unpaired) electrons. The first-order valence-corrected chi connectivity index (χ1v) is 10.0. The van der Waals surface area contributed by atoms with Crippen molar-refractivity contribution in [3.8, 4) is 5.75 Å². The van der Waals surface area contributed by atoms with Crippen molar-refractivity contribution in [3.63, 3.8) is 0 Å². The minimum atomic E-state index is -0.310. The Morgan fingerprint density at radius 2 is 1.96 bits per heavy atom. The molecule has 6 heteroatoms. The Bertz CT molecular complexity index is 948. The fraction of sp³-hybridized carbons (Fsp3) is 0.455. The highest BCUT2D eigenvalue weighted by molar-refractivity contribution is 5.94. The SMILES string of the molecule is COc1cccc([C@@H]2CN(C(=O)c3ccc[nH]c3=O)[C@@H]3C4CCN(CC4)[C@@H]32)c1. The van der Waals surface area contributed by atoms with Crippen molar-refractivity contribution in [2.45, 2.75) is 30.8 Å². The van der Waals surface area contributed by atoms with E-state index in [1.165, 1.54) is 5.56 Å². The van der Waals surface area contributed by atoms with Crippen LogP contribution >= 0.6 is 0 Å². The normalized spacial score (nSPS) is 30.9. The number of piperidine rings is 3. The number of H-pyrrole nitrogens is 1. The molecule has 1 amide bonds. The van der Waals surface area contributed by atoms with Gasteiger partial charge in [-0.1, -0.05) is 12.1 Å². The molecule has 5 heterocycles. The molecule has 4 aliphatic heterocycles. The summed E-state index contributed by atoms with van der Waals surface area (Å²) in [7, 11) is 1.68. The highest BCUT2D eigenvalue weighted by atomic mass is 16.5. The van der Waals surface area contributed by atoms with Gasteiger partial charge in [0.05, 0.1) is 13.2 Å². The molecule has 6 nitrogen and oxygen atoms in total. The molecule has 1 aromatic heterocycles. The topological polar surface area (TPSA) is 65.6 Å². The molecule has 4 aliphatic rings. The number of aromatic nitrogens is 1. The van der Waals surface area contributed by atoms with Gasteiger partial charge < -0.3 is 14.6 Å². The molecule has 0 aliphatic carbocycles. The van der Waals surface area contributed by atoms with Gasteiger partial charge in [0.1, 0.15) is 11.3 Å². The molecule has 4 saturated heterocycles. The predicted molar refractivity (Wildman–Crippen MR) is 106 cm³/mol. The van der Waals surface area contributed by atoms with Gasteiger partial charge in [0.15, 0.2) is 0 Å². The third kappa shape index (κ3) is 2.66.